The minimum absolute atomic E-state index is 0.220. The molecule has 0 aliphatic carbocycles. The summed E-state index contributed by atoms with van der Waals surface area (Å²) in [5, 5.41) is 6.68. The zero-order chi connectivity index (χ0) is 5.70. The third-order valence-corrected chi connectivity index (χ3v) is 0.796. The van der Waals surface area contributed by atoms with Gasteiger partial charge in [0.25, 0.3) is 0 Å². The number of nitrogens with zero attached hydrogens (tertiary/aromatic N) is 1. The molecule has 0 aromatic rings. The second-order valence-electron chi connectivity index (χ2n) is 1.46. The molecule has 0 aromatic carbocycles. The van der Waals surface area contributed by atoms with Gasteiger partial charge in [-0.15, -0.1) is 0 Å². The number of hydrogen-bond donors (Lipinski definition) is 1. The van der Waals surface area contributed by atoms with Crippen LogP contribution in [-0.2, 0) is 12.4 Å². The first-order valence-corrected chi connectivity index (χ1v) is 2.47. The van der Waals surface area contributed by atoms with Crippen LogP contribution in [0.5, 0.6) is 0 Å². The highest BCUT2D eigenvalue weighted by molar-refractivity contribution is 7.47. The fraction of sp³-hybridized carbons (Fsp3) is 0.750. The first-order chi connectivity index (χ1) is 3.31. The molecule has 1 unspecified atom stereocenters. The van der Waals surface area contributed by atoms with Gasteiger partial charge in [0.05, 0.1) is 6.54 Å². The molecule has 3 heteroatoms. The summed E-state index contributed by atoms with van der Waals surface area (Å²) in [4.78, 5) is 0. The summed E-state index contributed by atoms with van der Waals surface area (Å²) >= 11 is 4.32. The smallest absolute Gasteiger partial charge is 0.0595 e. The van der Waals surface area contributed by atoms with Gasteiger partial charge in [0.2, 0.25) is 0 Å². The van der Waals surface area contributed by atoms with Crippen LogP contribution < -0.4 is 0 Å². The molecule has 0 bridgehead atoms. The fourth-order valence-corrected chi connectivity index (χ4v) is 0.405. The summed E-state index contributed by atoms with van der Waals surface area (Å²) in [7, 11) is 0. The average Bonchev–Trinajstić information content (AvgIpc) is 1.68. The summed E-state index contributed by atoms with van der Waals surface area (Å²) in [5.74, 6) is 0.220. The summed E-state index contributed by atoms with van der Waals surface area (Å²) in [6.07, 6.45) is 1.34. The summed E-state index contributed by atoms with van der Waals surface area (Å²) in [5.41, 5.74) is 0. The molecule has 0 aromatic heterocycles. The highest BCUT2D eigenvalue weighted by Crippen LogP contribution is 1.86. The van der Waals surface area contributed by atoms with Crippen LogP contribution in [-0.4, -0.2) is 12.8 Å². The molecule has 7 heavy (non-hydrogen) atoms. The Morgan fingerprint density at radius 3 is 2.71 bits per heavy atom. The van der Waals surface area contributed by atoms with E-state index >= 15 is 0 Å². The quantitative estimate of drug-likeness (QED) is 0.549. The SMILES string of the molecule is CC(C=N)CN=S. The lowest BCUT2D eigenvalue weighted by Gasteiger charge is -1.92. The van der Waals surface area contributed by atoms with Crippen molar-refractivity contribution in [3.8, 4) is 0 Å². The molecular weight excluding hydrogens is 108 g/mol. The summed E-state index contributed by atoms with van der Waals surface area (Å²) in [6, 6.07) is 0. The lowest BCUT2D eigenvalue weighted by molar-refractivity contribution is 0.805. The highest BCUT2D eigenvalue weighted by Gasteiger charge is 1.90. The second kappa shape index (κ2) is 3.87. The van der Waals surface area contributed by atoms with Crippen LogP contribution in [0.4, 0.5) is 0 Å². The van der Waals surface area contributed by atoms with E-state index in [4.69, 9.17) is 5.41 Å². The van der Waals surface area contributed by atoms with E-state index < -0.39 is 0 Å². The predicted octanol–water partition coefficient (Wildman–Crippen LogP) is 1.00. The number of rotatable bonds is 3. The van der Waals surface area contributed by atoms with Crippen LogP contribution >= 0.6 is 0 Å². The van der Waals surface area contributed by atoms with Gasteiger partial charge in [-0.25, -0.2) is 4.36 Å². The Bertz CT molecular complexity index is 72.1. The molecule has 1 N–H and O–H groups in total. The van der Waals surface area contributed by atoms with Crippen LogP contribution in [0.2, 0.25) is 0 Å². The van der Waals surface area contributed by atoms with Crippen molar-refractivity contribution in [2.24, 2.45) is 10.3 Å². The van der Waals surface area contributed by atoms with E-state index in [0.29, 0.717) is 6.54 Å². The van der Waals surface area contributed by atoms with Crippen molar-refractivity contribution in [1.29, 1.82) is 5.41 Å². The molecule has 0 amide bonds. The Hall–Kier alpha value is -0.310. The van der Waals surface area contributed by atoms with E-state index in [9.17, 15) is 0 Å². The molecule has 0 aliphatic rings. The van der Waals surface area contributed by atoms with E-state index in [0.717, 1.165) is 0 Å². The molecular formula is C4H8N2S. The van der Waals surface area contributed by atoms with Crippen molar-refractivity contribution in [2.75, 3.05) is 6.54 Å². The van der Waals surface area contributed by atoms with Crippen LogP contribution in [0.3, 0.4) is 0 Å². The van der Waals surface area contributed by atoms with Gasteiger partial charge in [-0.05, 0) is 6.21 Å². The largest absolute Gasteiger partial charge is 0.313 e. The second-order valence-corrected chi connectivity index (χ2v) is 1.71. The Kier molecular flexibility index (Phi) is 3.69. The van der Waals surface area contributed by atoms with E-state index in [1.807, 2.05) is 6.92 Å². The van der Waals surface area contributed by atoms with Gasteiger partial charge < -0.3 is 5.41 Å². The third-order valence-electron chi connectivity index (χ3n) is 0.647. The van der Waals surface area contributed by atoms with Gasteiger partial charge in [-0.1, -0.05) is 6.92 Å². The number of hydrogen-bond acceptors (Lipinski definition) is 3. The minimum atomic E-state index is 0.220. The first-order valence-electron chi connectivity index (χ1n) is 2.11. The Morgan fingerprint density at radius 2 is 2.57 bits per heavy atom. The summed E-state index contributed by atoms with van der Waals surface area (Å²) in [6.45, 7) is 2.50. The molecule has 0 saturated carbocycles. The zero-order valence-electron chi connectivity index (χ0n) is 4.22. The van der Waals surface area contributed by atoms with E-state index in [-0.39, 0.29) is 5.92 Å². The molecule has 2 nitrogen and oxygen atoms in total. The van der Waals surface area contributed by atoms with Gasteiger partial charge in [-0.2, -0.15) is 0 Å². The zero-order valence-corrected chi connectivity index (χ0v) is 5.03. The maximum absolute atomic E-state index is 6.68. The summed E-state index contributed by atoms with van der Waals surface area (Å²) < 4.78 is 3.44. The average molecular weight is 116 g/mol. The number of nitrogens with one attached hydrogen (secondary N) is 1. The molecule has 0 spiro atoms. The molecule has 0 saturated heterocycles. The van der Waals surface area contributed by atoms with Crippen molar-refractivity contribution in [3.05, 3.63) is 0 Å². The maximum atomic E-state index is 6.68. The Morgan fingerprint density at radius 1 is 2.00 bits per heavy atom. The molecule has 0 radical (unpaired) electrons. The Balaban J connectivity index is 3.15. The molecule has 0 rings (SSSR count). The van der Waals surface area contributed by atoms with Crippen molar-refractivity contribution < 1.29 is 0 Å². The normalized spacial score (nSPS) is 12.7. The van der Waals surface area contributed by atoms with Gasteiger partial charge in [0.1, 0.15) is 0 Å². The van der Waals surface area contributed by atoms with E-state index in [1.54, 1.807) is 0 Å². The van der Waals surface area contributed by atoms with Crippen LogP contribution in [0.25, 0.3) is 0 Å². The molecule has 40 valence electrons. The lowest BCUT2D eigenvalue weighted by Crippen LogP contribution is -1.97. The maximum Gasteiger partial charge on any atom is 0.0595 e. The molecule has 0 aliphatic heterocycles. The fourth-order valence-electron chi connectivity index (χ4n) is 0.170. The van der Waals surface area contributed by atoms with Gasteiger partial charge in [-0.3, -0.25) is 0 Å². The standard InChI is InChI=1S/C4H8N2S/c1-4(2-5)3-6-7/h2,4-5H,3H2,1H3. The van der Waals surface area contributed by atoms with Crippen LogP contribution in [0, 0.1) is 11.3 Å². The monoisotopic (exact) mass is 116 g/mol. The van der Waals surface area contributed by atoms with Crippen LogP contribution in [0.15, 0.2) is 4.36 Å². The van der Waals surface area contributed by atoms with Crippen LogP contribution in [0.1, 0.15) is 6.92 Å². The van der Waals surface area contributed by atoms with Crippen molar-refractivity contribution in [1.82, 2.24) is 0 Å². The van der Waals surface area contributed by atoms with Gasteiger partial charge in [0.15, 0.2) is 0 Å². The van der Waals surface area contributed by atoms with Crippen molar-refractivity contribution in [3.63, 3.8) is 0 Å². The molecule has 1 atom stereocenters. The molecule has 0 heterocycles. The Labute approximate surface area is 48.6 Å². The predicted molar refractivity (Wildman–Crippen MR) is 32.6 cm³/mol. The third kappa shape index (κ3) is 3.52. The molecule has 0 fully saturated rings. The van der Waals surface area contributed by atoms with E-state index in [1.165, 1.54) is 6.21 Å². The lowest BCUT2D eigenvalue weighted by atomic mass is 10.2. The van der Waals surface area contributed by atoms with Gasteiger partial charge >= 0.3 is 0 Å². The van der Waals surface area contributed by atoms with Crippen molar-refractivity contribution in [2.45, 2.75) is 6.92 Å². The van der Waals surface area contributed by atoms with E-state index in [2.05, 4.69) is 16.8 Å². The van der Waals surface area contributed by atoms with Crippen molar-refractivity contribution >= 4 is 18.6 Å². The first kappa shape index (κ1) is 6.69. The van der Waals surface area contributed by atoms with Gasteiger partial charge in [0, 0.05) is 18.3 Å². The minimum Gasteiger partial charge on any atom is -0.313 e. The highest BCUT2D eigenvalue weighted by atomic mass is 32.1. The topological polar surface area (TPSA) is 36.2 Å².